The molecule has 2 N–H and O–H groups in total. The lowest BCUT2D eigenvalue weighted by Gasteiger charge is -2.11. The number of aromatic nitrogens is 2. The molecule has 6 heteroatoms. The molecule has 0 unspecified atom stereocenters. The molecular formula is C12H15N3O3. The van der Waals surface area contributed by atoms with Gasteiger partial charge in [0.25, 0.3) is 5.89 Å². The van der Waals surface area contributed by atoms with Gasteiger partial charge in [-0.2, -0.15) is 0 Å². The van der Waals surface area contributed by atoms with Crippen LogP contribution in [0.25, 0.3) is 11.5 Å². The molecular weight excluding hydrogens is 234 g/mol. The van der Waals surface area contributed by atoms with Crippen LogP contribution >= 0.6 is 0 Å². The van der Waals surface area contributed by atoms with Gasteiger partial charge in [-0.05, 0) is 18.1 Å². The van der Waals surface area contributed by atoms with E-state index in [1.165, 1.54) is 0 Å². The highest BCUT2D eigenvalue weighted by Gasteiger charge is 2.16. The van der Waals surface area contributed by atoms with E-state index in [9.17, 15) is 0 Å². The van der Waals surface area contributed by atoms with Gasteiger partial charge in [0.15, 0.2) is 0 Å². The lowest BCUT2D eigenvalue weighted by Crippen LogP contribution is -1.95. The first-order chi connectivity index (χ1) is 8.69. The number of methoxy groups -OCH3 is 2. The van der Waals surface area contributed by atoms with Crippen LogP contribution in [0.3, 0.4) is 0 Å². The zero-order valence-corrected chi connectivity index (χ0v) is 10.6. The smallest absolute Gasteiger partial charge is 0.313 e. The van der Waals surface area contributed by atoms with Crippen molar-refractivity contribution in [1.29, 1.82) is 0 Å². The van der Waals surface area contributed by atoms with Crippen LogP contribution in [-0.2, 0) is 6.42 Å². The van der Waals surface area contributed by atoms with Crippen molar-refractivity contribution < 1.29 is 13.9 Å². The Morgan fingerprint density at radius 3 is 2.39 bits per heavy atom. The number of benzene rings is 1. The summed E-state index contributed by atoms with van der Waals surface area (Å²) >= 11 is 0. The Balaban J connectivity index is 2.58. The zero-order valence-electron chi connectivity index (χ0n) is 10.6. The molecule has 1 aromatic heterocycles. The van der Waals surface area contributed by atoms with Crippen molar-refractivity contribution >= 4 is 6.01 Å². The summed E-state index contributed by atoms with van der Waals surface area (Å²) < 4.78 is 15.8. The Hall–Kier alpha value is -2.24. The Morgan fingerprint density at radius 1 is 1.17 bits per heavy atom. The lowest BCUT2D eigenvalue weighted by atomic mass is 10.1. The number of ether oxygens (including phenoxy) is 2. The molecule has 6 nitrogen and oxygen atoms in total. The van der Waals surface area contributed by atoms with Crippen LogP contribution in [0, 0.1) is 0 Å². The highest BCUT2D eigenvalue weighted by Crippen LogP contribution is 2.35. The normalized spacial score (nSPS) is 10.4. The maximum atomic E-state index is 5.43. The quantitative estimate of drug-likeness (QED) is 0.890. The number of hydrogen-bond donors (Lipinski definition) is 1. The second-order valence-corrected chi connectivity index (χ2v) is 3.66. The molecule has 0 bridgehead atoms. The van der Waals surface area contributed by atoms with E-state index in [0.717, 1.165) is 17.7 Å². The summed E-state index contributed by atoms with van der Waals surface area (Å²) in [6.07, 6.45) is 0.823. The van der Waals surface area contributed by atoms with Crippen LogP contribution in [0.15, 0.2) is 16.5 Å². The van der Waals surface area contributed by atoms with Gasteiger partial charge in [-0.1, -0.05) is 12.0 Å². The molecule has 0 radical (unpaired) electrons. The van der Waals surface area contributed by atoms with Gasteiger partial charge in [0.05, 0.1) is 19.8 Å². The van der Waals surface area contributed by atoms with E-state index in [-0.39, 0.29) is 6.01 Å². The number of hydrogen-bond acceptors (Lipinski definition) is 6. The topological polar surface area (TPSA) is 83.4 Å². The van der Waals surface area contributed by atoms with E-state index in [1.807, 2.05) is 13.0 Å². The molecule has 0 amide bonds. The molecule has 2 aromatic rings. The molecule has 1 heterocycles. The molecule has 0 saturated heterocycles. The number of nitrogens with two attached hydrogens (primary N) is 1. The van der Waals surface area contributed by atoms with Gasteiger partial charge in [0, 0.05) is 6.07 Å². The number of rotatable bonds is 4. The number of aryl methyl sites for hydroxylation is 1. The van der Waals surface area contributed by atoms with E-state index < -0.39 is 0 Å². The third kappa shape index (κ3) is 2.09. The fourth-order valence-electron chi connectivity index (χ4n) is 1.75. The number of nitrogen functional groups attached to an aromatic ring is 1. The number of nitrogens with zero attached hydrogens (tertiary/aromatic N) is 2. The van der Waals surface area contributed by atoms with Crippen molar-refractivity contribution in [3.8, 4) is 23.0 Å². The third-order valence-corrected chi connectivity index (χ3v) is 2.65. The summed E-state index contributed by atoms with van der Waals surface area (Å²) in [4.78, 5) is 0. The van der Waals surface area contributed by atoms with Gasteiger partial charge in [0.2, 0.25) is 0 Å². The maximum Gasteiger partial charge on any atom is 0.313 e. The van der Waals surface area contributed by atoms with Gasteiger partial charge in [0.1, 0.15) is 11.5 Å². The molecule has 18 heavy (non-hydrogen) atoms. The Labute approximate surface area is 105 Å². The second-order valence-electron chi connectivity index (χ2n) is 3.66. The van der Waals surface area contributed by atoms with Crippen LogP contribution in [0.5, 0.6) is 11.5 Å². The minimum atomic E-state index is 0.0286. The molecule has 0 saturated carbocycles. The molecule has 0 atom stereocenters. The summed E-state index contributed by atoms with van der Waals surface area (Å²) in [5, 5.41) is 7.50. The van der Waals surface area contributed by atoms with Gasteiger partial charge in [-0.15, -0.1) is 5.10 Å². The lowest BCUT2D eigenvalue weighted by molar-refractivity contribution is 0.391. The molecule has 0 spiro atoms. The zero-order chi connectivity index (χ0) is 13.1. The third-order valence-electron chi connectivity index (χ3n) is 2.65. The highest BCUT2D eigenvalue weighted by molar-refractivity contribution is 5.66. The predicted octanol–water partition coefficient (Wildman–Crippen LogP) is 1.90. The first-order valence-electron chi connectivity index (χ1n) is 5.53. The van der Waals surface area contributed by atoms with Crippen LogP contribution in [0.2, 0.25) is 0 Å². The predicted molar refractivity (Wildman–Crippen MR) is 66.6 cm³/mol. The van der Waals surface area contributed by atoms with Crippen LogP contribution in [-0.4, -0.2) is 24.4 Å². The van der Waals surface area contributed by atoms with E-state index >= 15 is 0 Å². The van der Waals surface area contributed by atoms with Crippen molar-refractivity contribution in [3.63, 3.8) is 0 Å². The fraction of sp³-hybridized carbons (Fsp3) is 0.333. The van der Waals surface area contributed by atoms with Crippen molar-refractivity contribution in [3.05, 3.63) is 17.7 Å². The summed E-state index contributed by atoms with van der Waals surface area (Å²) in [6, 6.07) is 3.74. The van der Waals surface area contributed by atoms with E-state index in [4.69, 9.17) is 19.6 Å². The minimum Gasteiger partial charge on any atom is -0.496 e. The second kappa shape index (κ2) is 4.95. The van der Waals surface area contributed by atoms with E-state index in [2.05, 4.69) is 10.2 Å². The summed E-state index contributed by atoms with van der Waals surface area (Å²) in [5.41, 5.74) is 7.17. The molecule has 0 fully saturated rings. The number of anilines is 1. The molecule has 0 aliphatic carbocycles. The SMILES string of the molecule is CCc1cc(-c2nnc(N)o2)c(OC)cc1OC. The molecule has 2 rings (SSSR count). The first kappa shape index (κ1) is 12.2. The van der Waals surface area contributed by atoms with Crippen LogP contribution in [0.4, 0.5) is 6.01 Å². The van der Waals surface area contributed by atoms with Crippen molar-refractivity contribution in [2.75, 3.05) is 20.0 Å². The molecule has 96 valence electrons. The van der Waals surface area contributed by atoms with Crippen molar-refractivity contribution in [2.45, 2.75) is 13.3 Å². The first-order valence-corrected chi connectivity index (χ1v) is 5.53. The Morgan fingerprint density at radius 2 is 1.89 bits per heavy atom. The summed E-state index contributed by atoms with van der Waals surface area (Å²) in [7, 11) is 3.20. The average Bonchev–Trinajstić information content (AvgIpc) is 2.83. The van der Waals surface area contributed by atoms with Gasteiger partial charge >= 0.3 is 6.01 Å². The van der Waals surface area contributed by atoms with Crippen molar-refractivity contribution in [2.24, 2.45) is 0 Å². The van der Waals surface area contributed by atoms with Crippen LogP contribution < -0.4 is 15.2 Å². The molecule has 0 aliphatic heterocycles. The summed E-state index contributed by atoms with van der Waals surface area (Å²) in [5.74, 6) is 1.71. The monoisotopic (exact) mass is 249 g/mol. The Bertz CT molecular complexity index is 551. The minimum absolute atomic E-state index is 0.0286. The van der Waals surface area contributed by atoms with E-state index in [1.54, 1.807) is 20.3 Å². The average molecular weight is 249 g/mol. The van der Waals surface area contributed by atoms with Gasteiger partial charge < -0.3 is 19.6 Å². The maximum absolute atomic E-state index is 5.43. The van der Waals surface area contributed by atoms with Crippen LogP contribution in [0.1, 0.15) is 12.5 Å². The van der Waals surface area contributed by atoms with E-state index in [0.29, 0.717) is 17.2 Å². The standard InChI is InChI=1S/C12H15N3O3/c1-4-7-5-8(11-14-15-12(13)18-11)10(17-3)6-9(7)16-2/h5-6H,4H2,1-3H3,(H2,13,15). The highest BCUT2D eigenvalue weighted by atomic mass is 16.5. The van der Waals surface area contributed by atoms with Gasteiger partial charge in [-0.25, -0.2) is 0 Å². The van der Waals surface area contributed by atoms with Crippen molar-refractivity contribution in [1.82, 2.24) is 10.2 Å². The van der Waals surface area contributed by atoms with Gasteiger partial charge in [-0.3, -0.25) is 0 Å². The fourth-order valence-corrected chi connectivity index (χ4v) is 1.75. The summed E-state index contributed by atoms with van der Waals surface area (Å²) in [6.45, 7) is 2.04. The Kier molecular flexibility index (Phi) is 3.36. The molecule has 0 aliphatic rings. The largest absolute Gasteiger partial charge is 0.496 e. The molecule has 1 aromatic carbocycles.